The van der Waals surface area contributed by atoms with Gasteiger partial charge in [0.1, 0.15) is 0 Å². The van der Waals surface area contributed by atoms with Gasteiger partial charge >= 0.3 is 0 Å². The Kier molecular flexibility index (Phi) is 5.01. The molecule has 3 unspecified atom stereocenters. The maximum absolute atomic E-state index is 12.1. The summed E-state index contributed by atoms with van der Waals surface area (Å²) in [6, 6.07) is 0.493. The fourth-order valence-corrected chi connectivity index (χ4v) is 3.24. The summed E-state index contributed by atoms with van der Waals surface area (Å²) in [5, 5.41) is 3.22. The molecule has 0 aromatic heterocycles. The van der Waals surface area contributed by atoms with E-state index in [-0.39, 0.29) is 11.9 Å². The number of hydrogen-bond acceptors (Lipinski definition) is 3. The van der Waals surface area contributed by atoms with Crippen LogP contribution >= 0.6 is 0 Å². The number of fused-ring (bicyclic) bond motifs is 1. The van der Waals surface area contributed by atoms with Gasteiger partial charge in [0.25, 0.3) is 0 Å². The van der Waals surface area contributed by atoms with Crippen molar-refractivity contribution in [3.8, 4) is 0 Å². The molecule has 0 radical (unpaired) electrons. The highest BCUT2D eigenvalue weighted by Crippen LogP contribution is 2.32. The van der Waals surface area contributed by atoms with E-state index in [9.17, 15) is 4.79 Å². The van der Waals surface area contributed by atoms with Gasteiger partial charge in [-0.1, -0.05) is 12.8 Å². The van der Waals surface area contributed by atoms with Crippen LogP contribution < -0.4 is 5.32 Å². The molecule has 1 aliphatic heterocycles. The average Bonchev–Trinajstić information content (AvgIpc) is 2.38. The molecule has 1 aliphatic carbocycles. The van der Waals surface area contributed by atoms with Crippen molar-refractivity contribution in [1.29, 1.82) is 0 Å². The number of rotatable bonds is 5. The molecule has 3 atom stereocenters. The van der Waals surface area contributed by atoms with Crippen molar-refractivity contribution in [2.45, 2.75) is 51.1 Å². The Labute approximate surface area is 110 Å². The number of likely N-dealkylation sites (N-methyl/N-ethyl adjacent to an activating group) is 1. The number of carbonyl (C=O) groups excluding carboxylic acids is 1. The lowest BCUT2D eigenvalue weighted by molar-refractivity contribution is -0.131. The van der Waals surface area contributed by atoms with E-state index in [0.29, 0.717) is 18.6 Å². The Morgan fingerprint density at radius 3 is 2.94 bits per heavy atom. The summed E-state index contributed by atoms with van der Waals surface area (Å²) in [4.78, 5) is 14.3. The van der Waals surface area contributed by atoms with E-state index in [1.165, 1.54) is 25.7 Å². The van der Waals surface area contributed by atoms with E-state index in [1.54, 1.807) is 0 Å². The van der Waals surface area contributed by atoms with Gasteiger partial charge in [0, 0.05) is 19.2 Å². The maximum Gasteiger partial charge on any atom is 0.237 e. The first-order valence-corrected chi connectivity index (χ1v) is 7.30. The molecule has 2 aliphatic rings. The molecule has 1 saturated carbocycles. The fraction of sp³-hybridized carbons (Fsp3) is 0.929. The minimum absolute atomic E-state index is 0.0461. The van der Waals surface area contributed by atoms with Crippen LogP contribution in [0, 0.1) is 5.92 Å². The molecule has 0 aromatic carbocycles. The summed E-state index contributed by atoms with van der Waals surface area (Å²) in [5.74, 6) is 0.910. The van der Waals surface area contributed by atoms with Crippen LogP contribution in [0.15, 0.2) is 0 Å². The van der Waals surface area contributed by atoms with E-state index in [2.05, 4.69) is 10.2 Å². The lowest BCUT2D eigenvalue weighted by Gasteiger charge is -2.42. The van der Waals surface area contributed by atoms with Gasteiger partial charge in [-0.3, -0.25) is 9.69 Å². The molecule has 18 heavy (non-hydrogen) atoms. The molecule has 0 aromatic rings. The van der Waals surface area contributed by atoms with Crippen LogP contribution in [0.1, 0.15) is 39.0 Å². The van der Waals surface area contributed by atoms with Gasteiger partial charge in [0.05, 0.1) is 12.6 Å². The molecule has 2 fully saturated rings. The van der Waals surface area contributed by atoms with Crippen molar-refractivity contribution < 1.29 is 9.53 Å². The summed E-state index contributed by atoms with van der Waals surface area (Å²) in [7, 11) is 2.03. The Bertz CT molecular complexity index is 283. The number of carbonyl (C=O) groups is 1. The van der Waals surface area contributed by atoms with E-state index in [1.807, 2.05) is 14.0 Å². The predicted octanol–water partition coefficient (Wildman–Crippen LogP) is 1.40. The first-order chi connectivity index (χ1) is 8.72. The average molecular weight is 254 g/mol. The minimum Gasteiger partial charge on any atom is -0.380 e. The Hall–Kier alpha value is -0.610. The van der Waals surface area contributed by atoms with Crippen molar-refractivity contribution in [3.05, 3.63) is 0 Å². The summed E-state index contributed by atoms with van der Waals surface area (Å²) in [5.41, 5.74) is 0. The second-order valence-corrected chi connectivity index (χ2v) is 5.59. The summed E-state index contributed by atoms with van der Waals surface area (Å²) >= 11 is 0. The highest BCUT2D eigenvalue weighted by atomic mass is 16.5. The third-order valence-electron chi connectivity index (χ3n) is 4.39. The SMILES string of the molecule is CCOCCN(C)C1CC2CCCCC2NC1=O. The van der Waals surface area contributed by atoms with Gasteiger partial charge in [-0.15, -0.1) is 0 Å². The fourth-order valence-electron chi connectivity index (χ4n) is 3.24. The lowest BCUT2D eigenvalue weighted by Crippen LogP contribution is -2.57. The van der Waals surface area contributed by atoms with E-state index >= 15 is 0 Å². The van der Waals surface area contributed by atoms with Crippen molar-refractivity contribution in [2.24, 2.45) is 5.92 Å². The third kappa shape index (κ3) is 3.23. The smallest absolute Gasteiger partial charge is 0.237 e. The molecule has 0 spiro atoms. The highest BCUT2D eigenvalue weighted by molar-refractivity contribution is 5.83. The third-order valence-corrected chi connectivity index (χ3v) is 4.39. The predicted molar refractivity (Wildman–Crippen MR) is 71.4 cm³/mol. The van der Waals surface area contributed by atoms with Crippen LogP contribution in [-0.4, -0.2) is 49.7 Å². The second kappa shape index (κ2) is 6.53. The van der Waals surface area contributed by atoms with Gasteiger partial charge in [-0.25, -0.2) is 0 Å². The first-order valence-electron chi connectivity index (χ1n) is 7.30. The molecule has 2 rings (SSSR count). The zero-order valence-corrected chi connectivity index (χ0v) is 11.7. The van der Waals surface area contributed by atoms with Crippen LogP contribution in [0.3, 0.4) is 0 Å². The van der Waals surface area contributed by atoms with Gasteiger partial charge in [0.2, 0.25) is 5.91 Å². The molecule has 1 saturated heterocycles. The van der Waals surface area contributed by atoms with Crippen LogP contribution in [0.4, 0.5) is 0 Å². The molecule has 1 N–H and O–H groups in total. The molecule has 1 amide bonds. The van der Waals surface area contributed by atoms with Gasteiger partial charge in [-0.2, -0.15) is 0 Å². The van der Waals surface area contributed by atoms with Crippen LogP contribution in [0.5, 0.6) is 0 Å². The molecular formula is C14H26N2O2. The van der Waals surface area contributed by atoms with Crippen LogP contribution in [0.25, 0.3) is 0 Å². The van der Waals surface area contributed by atoms with Gasteiger partial charge in [0.15, 0.2) is 0 Å². The molecular weight excluding hydrogens is 228 g/mol. The maximum atomic E-state index is 12.1. The number of hydrogen-bond donors (Lipinski definition) is 1. The zero-order chi connectivity index (χ0) is 13.0. The number of amides is 1. The number of piperidine rings is 1. The lowest BCUT2D eigenvalue weighted by atomic mass is 9.77. The van der Waals surface area contributed by atoms with E-state index in [4.69, 9.17) is 4.74 Å². The Balaban J connectivity index is 1.86. The zero-order valence-electron chi connectivity index (χ0n) is 11.7. The second-order valence-electron chi connectivity index (χ2n) is 5.59. The first kappa shape index (κ1) is 13.8. The van der Waals surface area contributed by atoms with Crippen molar-refractivity contribution in [3.63, 3.8) is 0 Å². The molecule has 4 nitrogen and oxygen atoms in total. The largest absolute Gasteiger partial charge is 0.380 e. The number of nitrogens with one attached hydrogen (secondary N) is 1. The van der Waals surface area contributed by atoms with Crippen molar-refractivity contribution >= 4 is 5.91 Å². The Morgan fingerprint density at radius 1 is 1.39 bits per heavy atom. The summed E-state index contributed by atoms with van der Waals surface area (Å²) in [6.07, 6.45) is 6.07. The number of ether oxygens (including phenoxy) is 1. The van der Waals surface area contributed by atoms with Crippen molar-refractivity contribution in [2.75, 3.05) is 26.8 Å². The molecule has 104 valence electrons. The van der Waals surface area contributed by atoms with Crippen LogP contribution in [-0.2, 0) is 9.53 Å². The summed E-state index contributed by atoms with van der Waals surface area (Å²) in [6.45, 7) is 4.30. The van der Waals surface area contributed by atoms with E-state index < -0.39 is 0 Å². The van der Waals surface area contributed by atoms with Gasteiger partial charge < -0.3 is 10.1 Å². The van der Waals surface area contributed by atoms with Crippen LogP contribution in [0.2, 0.25) is 0 Å². The standard InChI is InChI=1S/C14H26N2O2/c1-3-18-9-8-16(2)13-10-11-6-4-5-7-12(11)15-14(13)17/h11-13H,3-10H2,1-2H3,(H,15,17). The van der Waals surface area contributed by atoms with Gasteiger partial charge in [-0.05, 0) is 39.2 Å². The quantitative estimate of drug-likeness (QED) is 0.754. The molecule has 4 heteroatoms. The number of nitrogens with zero attached hydrogens (tertiary/aromatic N) is 1. The topological polar surface area (TPSA) is 41.6 Å². The summed E-state index contributed by atoms with van der Waals surface area (Å²) < 4.78 is 5.36. The molecule has 1 heterocycles. The molecule has 0 bridgehead atoms. The van der Waals surface area contributed by atoms with E-state index in [0.717, 1.165) is 19.6 Å². The highest BCUT2D eigenvalue weighted by Gasteiger charge is 2.38. The normalized spacial score (nSPS) is 32.2. The Morgan fingerprint density at radius 2 is 2.17 bits per heavy atom. The monoisotopic (exact) mass is 254 g/mol. The minimum atomic E-state index is 0.0461. The van der Waals surface area contributed by atoms with Crippen molar-refractivity contribution in [1.82, 2.24) is 10.2 Å².